The van der Waals surface area contributed by atoms with Crippen LogP contribution in [0.2, 0.25) is 0 Å². The zero-order valence-corrected chi connectivity index (χ0v) is 15.6. The Balaban J connectivity index is 2.02. The van der Waals surface area contributed by atoms with Crippen LogP contribution in [0.4, 0.5) is 5.69 Å². The first-order valence-electron chi connectivity index (χ1n) is 8.16. The summed E-state index contributed by atoms with van der Waals surface area (Å²) in [5, 5.41) is 11.3. The summed E-state index contributed by atoms with van der Waals surface area (Å²) in [6.07, 6.45) is 0.0800. The zero-order valence-electron chi connectivity index (χ0n) is 14.8. The summed E-state index contributed by atoms with van der Waals surface area (Å²) in [5.41, 5.74) is 0.491. The molecule has 0 saturated carbocycles. The number of nitriles is 1. The maximum atomic E-state index is 12.5. The second-order valence-corrected chi connectivity index (χ2v) is 7.61. The Morgan fingerprint density at radius 2 is 2.00 bits per heavy atom. The lowest BCUT2D eigenvalue weighted by molar-refractivity contribution is -0.116. The molecule has 0 saturated heterocycles. The van der Waals surface area contributed by atoms with Crippen LogP contribution < -0.4 is 14.8 Å². The Hall–Kier alpha value is -2.35. The molecule has 0 unspecified atom stereocenters. The van der Waals surface area contributed by atoms with E-state index < -0.39 is 16.1 Å². The lowest BCUT2D eigenvalue weighted by Crippen LogP contribution is -2.45. The third-order valence-corrected chi connectivity index (χ3v) is 5.77. The standard InChI is InChI=1S/C16H22N4O5S/c1-3-20(26(22,23)19(2)8-4-7-17)12-16(21)18-13-5-6-14-15(11-13)25-10-9-24-14/h5-6,11H,3-4,8-10,12H2,1-2H3,(H,18,21). The summed E-state index contributed by atoms with van der Waals surface area (Å²) < 4.78 is 37.9. The Kier molecular flexibility index (Phi) is 6.79. The molecule has 1 heterocycles. The molecule has 1 aliphatic rings. The van der Waals surface area contributed by atoms with Crippen molar-refractivity contribution in [3.05, 3.63) is 18.2 Å². The fourth-order valence-corrected chi connectivity index (χ4v) is 3.68. The van der Waals surface area contributed by atoms with Crippen LogP contribution in [0.5, 0.6) is 11.5 Å². The van der Waals surface area contributed by atoms with Gasteiger partial charge in [-0.3, -0.25) is 4.79 Å². The minimum atomic E-state index is -3.82. The molecule has 0 radical (unpaired) electrons. The lowest BCUT2D eigenvalue weighted by atomic mass is 10.2. The van der Waals surface area contributed by atoms with E-state index in [1.54, 1.807) is 25.1 Å². The predicted molar refractivity (Wildman–Crippen MR) is 95.1 cm³/mol. The molecule has 26 heavy (non-hydrogen) atoms. The van der Waals surface area contributed by atoms with Gasteiger partial charge in [-0.05, 0) is 12.1 Å². The molecule has 1 aromatic carbocycles. The van der Waals surface area contributed by atoms with Crippen molar-refractivity contribution in [3.63, 3.8) is 0 Å². The number of likely N-dealkylation sites (N-methyl/N-ethyl adjacent to an activating group) is 1. The molecule has 10 heteroatoms. The van der Waals surface area contributed by atoms with Crippen molar-refractivity contribution in [2.24, 2.45) is 0 Å². The topological polar surface area (TPSA) is 112 Å². The van der Waals surface area contributed by atoms with Gasteiger partial charge in [0, 0.05) is 38.3 Å². The van der Waals surface area contributed by atoms with E-state index in [-0.39, 0.29) is 26.1 Å². The second-order valence-electron chi connectivity index (χ2n) is 5.57. The van der Waals surface area contributed by atoms with Crippen molar-refractivity contribution in [2.75, 3.05) is 45.2 Å². The number of benzene rings is 1. The summed E-state index contributed by atoms with van der Waals surface area (Å²) in [4.78, 5) is 12.3. The van der Waals surface area contributed by atoms with Gasteiger partial charge in [-0.2, -0.15) is 22.3 Å². The first-order valence-corrected chi connectivity index (χ1v) is 9.56. The lowest BCUT2D eigenvalue weighted by Gasteiger charge is -2.25. The van der Waals surface area contributed by atoms with E-state index in [2.05, 4.69) is 5.32 Å². The molecule has 0 atom stereocenters. The molecule has 0 bridgehead atoms. The molecule has 1 aliphatic heterocycles. The van der Waals surface area contributed by atoms with Gasteiger partial charge in [0.1, 0.15) is 13.2 Å². The SMILES string of the molecule is CCN(CC(=O)Nc1ccc2c(c1)OCCO2)S(=O)(=O)N(C)CCC#N. The van der Waals surface area contributed by atoms with Gasteiger partial charge in [-0.15, -0.1) is 0 Å². The molecule has 9 nitrogen and oxygen atoms in total. The predicted octanol–water partition coefficient (Wildman–Crippen LogP) is 0.808. The first-order chi connectivity index (χ1) is 12.4. The number of hydrogen-bond acceptors (Lipinski definition) is 6. The van der Waals surface area contributed by atoms with E-state index in [1.165, 1.54) is 7.05 Å². The monoisotopic (exact) mass is 382 g/mol. The number of amides is 1. The summed E-state index contributed by atoms with van der Waals surface area (Å²) in [5.74, 6) is 0.664. The number of hydrogen-bond donors (Lipinski definition) is 1. The molecule has 0 aliphatic carbocycles. The largest absolute Gasteiger partial charge is 0.486 e. The minimum absolute atomic E-state index is 0.0686. The number of nitrogens with one attached hydrogen (secondary N) is 1. The normalized spacial score (nSPS) is 13.5. The maximum Gasteiger partial charge on any atom is 0.282 e. The highest BCUT2D eigenvalue weighted by atomic mass is 32.2. The number of carbonyl (C=O) groups excluding carboxylic acids is 1. The van der Waals surface area contributed by atoms with E-state index in [4.69, 9.17) is 14.7 Å². The van der Waals surface area contributed by atoms with Crippen molar-refractivity contribution < 1.29 is 22.7 Å². The van der Waals surface area contributed by atoms with Crippen LogP contribution >= 0.6 is 0 Å². The van der Waals surface area contributed by atoms with Crippen LogP contribution in [0.1, 0.15) is 13.3 Å². The van der Waals surface area contributed by atoms with Crippen LogP contribution in [0, 0.1) is 11.3 Å². The molecule has 1 aromatic rings. The maximum absolute atomic E-state index is 12.5. The Morgan fingerprint density at radius 3 is 2.65 bits per heavy atom. The molecule has 1 amide bonds. The number of rotatable bonds is 8. The Morgan fingerprint density at radius 1 is 1.31 bits per heavy atom. The third kappa shape index (κ3) is 4.85. The van der Waals surface area contributed by atoms with Gasteiger partial charge < -0.3 is 14.8 Å². The van der Waals surface area contributed by atoms with E-state index in [0.29, 0.717) is 30.4 Å². The molecule has 0 spiro atoms. The van der Waals surface area contributed by atoms with Gasteiger partial charge in [0.15, 0.2) is 11.5 Å². The fourth-order valence-electron chi connectivity index (χ4n) is 2.36. The molecule has 1 N–H and O–H groups in total. The highest BCUT2D eigenvalue weighted by Gasteiger charge is 2.27. The second kappa shape index (κ2) is 8.84. The number of nitrogens with zero attached hydrogens (tertiary/aromatic N) is 3. The zero-order chi connectivity index (χ0) is 19.2. The van der Waals surface area contributed by atoms with Gasteiger partial charge in [0.25, 0.3) is 10.2 Å². The molecule has 0 fully saturated rings. The van der Waals surface area contributed by atoms with Gasteiger partial charge in [-0.1, -0.05) is 6.92 Å². The number of ether oxygens (including phenoxy) is 2. The van der Waals surface area contributed by atoms with E-state index in [0.717, 1.165) is 8.61 Å². The van der Waals surface area contributed by atoms with Crippen LogP contribution in [-0.4, -0.2) is 62.8 Å². The van der Waals surface area contributed by atoms with Crippen LogP contribution in [-0.2, 0) is 15.0 Å². The van der Waals surface area contributed by atoms with Crippen molar-refractivity contribution in [2.45, 2.75) is 13.3 Å². The Bertz CT molecular complexity index is 790. The highest BCUT2D eigenvalue weighted by molar-refractivity contribution is 7.86. The minimum Gasteiger partial charge on any atom is -0.486 e. The molecule has 0 aromatic heterocycles. The number of carbonyl (C=O) groups is 1. The average Bonchev–Trinajstić information content (AvgIpc) is 2.63. The summed E-state index contributed by atoms with van der Waals surface area (Å²) in [7, 11) is -2.43. The van der Waals surface area contributed by atoms with Gasteiger partial charge in [0.2, 0.25) is 5.91 Å². The smallest absolute Gasteiger partial charge is 0.282 e. The highest BCUT2D eigenvalue weighted by Crippen LogP contribution is 2.32. The summed E-state index contributed by atoms with van der Waals surface area (Å²) in [6.45, 7) is 2.42. The first kappa shape index (κ1) is 20.0. The number of anilines is 1. The molecular weight excluding hydrogens is 360 g/mol. The quantitative estimate of drug-likeness (QED) is 0.712. The summed E-state index contributed by atoms with van der Waals surface area (Å²) in [6, 6.07) is 6.89. The van der Waals surface area contributed by atoms with Crippen molar-refractivity contribution in [1.82, 2.24) is 8.61 Å². The third-order valence-electron chi connectivity index (χ3n) is 3.76. The Labute approximate surface area is 153 Å². The summed E-state index contributed by atoms with van der Waals surface area (Å²) >= 11 is 0. The van der Waals surface area contributed by atoms with E-state index in [9.17, 15) is 13.2 Å². The number of fused-ring (bicyclic) bond motifs is 1. The van der Waals surface area contributed by atoms with Crippen molar-refractivity contribution in [3.8, 4) is 17.6 Å². The van der Waals surface area contributed by atoms with Gasteiger partial charge >= 0.3 is 0 Å². The van der Waals surface area contributed by atoms with Crippen LogP contribution in [0.25, 0.3) is 0 Å². The van der Waals surface area contributed by atoms with Gasteiger partial charge in [0.05, 0.1) is 12.6 Å². The average molecular weight is 382 g/mol. The van der Waals surface area contributed by atoms with E-state index >= 15 is 0 Å². The van der Waals surface area contributed by atoms with Crippen molar-refractivity contribution >= 4 is 21.8 Å². The van der Waals surface area contributed by atoms with Gasteiger partial charge in [-0.25, -0.2) is 0 Å². The van der Waals surface area contributed by atoms with E-state index in [1.807, 2.05) is 6.07 Å². The molecule has 142 valence electrons. The van der Waals surface area contributed by atoms with Crippen LogP contribution in [0.15, 0.2) is 18.2 Å². The molecular formula is C16H22N4O5S. The fraction of sp³-hybridized carbons (Fsp3) is 0.500. The molecule has 2 rings (SSSR count). The van der Waals surface area contributed by atoms with Crippen LogP contribution in [0.3, 0.4) is 0 Å². The van der Waals surface area contributed by atoms with Crippen molar-refractivity contribution in [1.29, 1.82) is 5.26 Å².